The number of imide groups is 1. The highest BCUT2D eigenvalue weighted by Crippen LogP contribution is 2.53. The molecule has 0 radical (unpaired) electrons. The summed E-state index contributed by atoms with van der Waals surface area (Å²) in [5, 5.41) is 0. The minimum atomic E-state index is -0.204. The lowest BCUT2D eigenvalue weighted by Gasteiger charge is -2.25. The third kappa shape index (κ3) is 2.71. The topological polar surface area (TPSA) is 66.9 Å². The average Bonchev–Trinajstić information content (AvgIpc) is 3.41. The maximum Gasteiger partial charge on any atom is 0.246 e. The van der Waals surface area contributed by atoms with Gasteiger partial charge in [0.2, 0.25) is 17.7 Å². The molecule has 4 aliphatic rings. The number of benzene rings is 1. The van der Waals surface area contributed by atoms with Crippen LogP contribution in [-0.2, 0) is 19.1 Å². The van der Waals surface area contributed by atoms with Gasteiger partial charge in [-0.25, -0.2) is 4.90 Å². The van der Waals surface area contributed by atoms with Gasteiger partial charge in [0, 0.05) is 19.2 Å². The molecule has 0 spiro atoms. The summed E-state index contributed by atoms with van der Waals surface area (Å²) in [7, 11) is 0. The van der Waals surface area contributed by atoms with Crippen molar-refractivity contribution in [3.63, 3.8) is 0 Å². The van der Waals surface area contributed by atoms with Gasteiger partial charge in [0.05, 0.1) is 30.7 Å². The summed E-state index contributed by atoms with van der Waals surface area (Å²) in [5.74, 6) is -0.237. The molecule has 0 unspecified atom stereocenters. The predicted molar refractivity (Wildman–Crippen MR) is 103 cm³/mol. The number of amides is 3. The lowest BCUT2D eigenvalue weighted by atomic mass is 9.85. The highest BCUT2D eigenvalue weighted by atomic mass is 16.5. The Morgan fingerprint density at radius 1 is 1.04 bits per heavy atom. The van der Waals surface area contributed by atoms with Gasteiger partial charge in [-0.15, -0.1) is 0 Å². The van der Waals surface area contributed by atoms with Crippen molar-refractivity contribution in [3.05, 3.63) is 48.1 Å². The fourth-order valence-corrected chi connectivity index (χ4v) is 4.98. The van der Waals surface area contributed by atoms with Crippen molar-refractivity contribution < 1.29 is 19.1 Å². The van der Waals surface area contributed by atoms with E-state index < -0.39 is 0 Å². The summed E-state index contributed by atoms with van der Waals surface area (Å²) in [6.07, 6.45) is 8.39. The number of nitrogens with zero attached hydrogens (tertiary/aromatic N) is 2. The molecular weight excluding hydrogens is 356 g/mol. The lowest BCUT2D eigenvalue weighted by Crippen LogP contribution is -2.39. The van der Waals surface area contributed by atoms with Gasteiger partial charge in [-0.1, -0.05) is 24.3 Å². The number of morpholine rings is 1. The number of anilines is 1. The molecule has 2 heterocycles. The summed E-state index contributed by atoms with van der Waals surface area (Å²) in [4.78, 5) is 41.3. The number of hydrogen-bond donors (Lipinski definition) is 0. The molecule has 1 aromatic rings. The third-order valence-electron chi connectivity index (χ3n) is 6.34. The van der Waals surface area contributed by atoms with Crippen molar-refractivity contribution in [2.75, 3.05) is 31.2 Å². The van der Waals surface area contributed by atoms with Crippen LogP contribution in [0.25, 0.3) is 6.08 Å². The largest absolute Gasteiger partial charge is 0.378 e. The van der Waals surface area contributed by atoms with Crippen LogP contribution in [0.1, 0.15) is 12.0 Å². The maximum absolute atomic E-state index is 13.0. The van der Waals surface area contributed by atoms with E-state index in [1.165, 1.54) is 11.0 Å². The van der Waals surface area contributed by atoms with Crippen LogP contribution in [0.5, 0.6) is 0 Å². The Hall–Kier alpha value is -2.73. The minimum absolute atomic E-state index is 0.0563. The lowest BCUT2D eigenvalue weighted by molar-refractivity contribution is -0.130. The smallest absolute Gasteiger partial charge is 0.246 e. The minimum Gasteiger partial charge on any atom is -0.378 e. The predicted octanol–water partition coefficient (Wildman–Crippen LogP) is 1.87. The number of fused-ring (bicyclic) bond motifs is 5. The van der Waals surface area contributed by atoms with E-state index in [9.17, 15) is 14.4 Å². The van der Waals surface area contributed by atoms with E-state index in [0.717, 1.165) is 12.0 Å². The summed E-state index contributed by atoms with van der Waals surface area (Å²) in [6, 6.07) is 7.27. The van der Waals surface area contributed by atoms with Crippen molar-refractivity contribution in [2.24, 2.45) is 23.7 Å². The van der Waals surface area contributed by atoms with Crippen LogP contribution < -0.4 is 4.90 Å². The second-order valence-electron chi connectivity index (χ2n) is 7.88. The van der Waals surface area contributed by atoms with Crippen LogP contribution in [0.3, 0.4) is 0 Å². The van der Waals surface area contributed by atoms with Crippen LogP contribution in [0.2, 0.25) is 0 Å². The molecule has 2 aliphatic heterocycles. The van der Waals surface area contributed by atoms with Gasteiger partial charge in [0.1, 0.15) is 0 Å². The molecule has 28 heavy (non-hydrogen) atoms. The molecule has 2 aliphatic carbocycles. The Morgan fingerprint density at radius 2 is 1.71 bits per heavy atom. The standard InChI is InChI=1S/C22H22N2O4/c25-18(23-8-10-28-11-9-23)7-4-14-2-1-3-17(12-14)24-21(26)19-15-5-6-16(13-15)20(19)22(24)27/h1-7,12,15-16,19-20H,8-11,13H2/b7-4-/t15-,16-,19-,20+/m0/s1. The quantitative estimate of drug-likeness (QED) is 0.458. The SMILES string of the molecule is O=C(/C=C\c1cccc(N2C(=O)[C@@H]3[C@H](C2=O)[C@H]2C=C[C@H]3C2)c1)N1CCOCC1. The van der Waals surface area contributed by atoms with Crippen LogP contribution in [-0.4, -0.2) is 48.9 Å². The first kappa shape index (κ1) is 17.4. The number of carbonyl (C=O) groups is 3. The zero-order valence-corrected chi connectivity index (χ0v) is 15.5. The highest BCUT2D eigenvalue weighted by Gasteiger charge is 2.59. The van der Waals surface area contributed by atoms with E-state index in [2.05, 4.69) is 12.2 Å². The Morgan fingerprint density at radius 3 is 2.39 bits per heavy atom. The van der Waals surface area contributed by atoms with E-state index in [1.54, 1.807) is 23.1 Å². The fourth-order valence-electron chi connectivity index (χ4n) is 4.98. The normalized spacial score (nSPS) is 31.3. The number of ether oxygens (including phenoxy) is 1. The molecule has 2 bridgehead atoms. The number of carbonyl (C=O) groups excluding carboxylic acids is 3. The molecule has 6 nitrogen and oxygen atoms in total. The van der Waals surface area contributed by atoms with Gasteiger partial charge in [0.25, 0.3) is 0 Å². The van der Waals surface area contributed by atoms with Crippen molar-refractivity contribution in [1.82, 2.24) is 4.90 Å². The molecule has 5 rings (SSSR count). The van der Waals surface area contributed by atoms with Crippen LogP contribution in [0, 0.1) is 23.7 Å². The first-order chi connectivity index (χ1) is 13.6. The molecule has 1 saturated carbocycles. The molecule has 2 saturated heterocycles. The number of rotatable bonds is 3. The Bertz CT molecular complexity index is 870. The van der Waals surface area contributed by atoms with E-state index in [-0.39, 0.29) is 41.4 Å². The maximum atomic E-state index is 13.0. The third-order valence-corrected chi connectivity index (χ3v) is 6.34. The van der Waals surface area contributed by atoms with Gasteiger partial charge in [0.15, 0.2) is 0 Å². The van der Waals surface area contributed by atoms with Gasteiger partial charge in [-0.05, 0) is 42.0 Å². The van der Waals surface area contributed by atoms with Crippen LogP contribution in [0.4, 0.5) is 5.69 Å². The van der Waals surface area contributed by atoms with E-state index in [1.807, 2.05) is 12.1 Å². The average molecular weight is 378 g/mol. The van der Waals surface area contributed by atoms with Gasteiger partial charge < -0.3 is 9.64 Å². The fraction of sp³-hybridized carbons (Fsp3) is 0.409. The monoisotopic (exact) mass is 378 g/mol. The summed E-state index contributed by atoms with van der Waals surface area (Å²) >= 11 is 0. The van der Waals surface area contributed by atoms with Crippen molar-refractivity contribution in [3.8, 4) is 0 Å². The molecule has 0 aromatic heterocycles. The molecule has 144 valence electrons. The number of hydrogen-bond acceptors (Lipinski definition) is 4. The van der Waals surface area contributed by atoms with Gasteiger partial charge in [-0.2, -0.15) is 0 Å². The van der Waals surface area contributed by atoms with E-state index in [4.69, 9.17) is 4.74 Å². The molecule has 3 fully saturated rings. The van der Waals surface area contributed by atoms with Crippen molar-refractivity contribution in [2.45, 2.75) is 6.42 Å². The second kappa shape index (κ2) is 6.71. The number of allylic oxidation sites excluding steroid dienone is 2. The van der Waals surface area contributed by atoms with Gasteiger partial charge >= 0.3 is 0 Å². The van der Waals surface area contributed by atoms with Crippen LogP contribution in [0.15, 0.2) is 42.5 Å². The Kier molecular flexibility index (Phi) is 4.16. The van der Waals surface area contributed by atoms with Crippen LogP contribution >= 0.6 is 0 Å². The molecule has 4 atom stereocenters. The first-order valence-corrected chi connectivity index (χ1v) is 9.84. The molecule has 1 aromatic carbocycles. The van der Waals surface area contributed by atoms with Crippen molar-refractivity contribution in [1.29, 1.82) is 0 Å². The highest BCUT2D eigenvalue weighted by molar-refractivity contribution is 6.22. The van der Waals surface area contributed by atoms with E-state index >= 15 is 0 Å². The first-order valence-electron chi connectivity index (χ1n) is 9.84. The summed E-state index contributed by atoms with van der Waals surface area (Å²) in [6.45, 7) is 2.32. The molecule has 0 N–H and O–H groups in total. The molecular formula is C22H22N2O4. The molecule has 3 amide bonds. The molecule has 6 heteroatoms. The summed E-state index contributed by atoms with van der Waals surface area (Å²) in [5.41, 5.74) is 1.38. The van der Waals surface area contributed by atoms with Gasteiger partial charge in [-0.3, -0.25) is 14.4 Å². The van der Waals surface area contributed by atoms with Crippen molar-refractivity contribution >= 4 is 29.5 Å². The zero-order valence-electron chi connectivity index (χ0n) is 15.5. The zero-order chi connectivity index (χ0) is 19.3. The Labute approximate surface area is 163 Å². The summed E-state index contributed by atoms with van der Waals surface area (Å²) < 4.78 is 5.26. The van der Waals surface area contributed by atoms with E-state index in [0.29, 0.717) is 32.0 Å². The Balaban J connectivity index is 1.35. The second-order valence-corrected chi connectivity index (χ2v) is 7.88.